The van der Waals surface area contributed by atoms with Crippen LogP contribution in [0.25, 0.3) is 0 Å². The van der Waals surface area contributed by atoms with Gasteiger partial charge in [0.25, 0.3) is 0 Å². The molecule has 2 N–H and O–H groups in total. The molecular weight excluding hydrogens is 240 g/mol. The zero-order valence-corrected chi connectivity index (χ0v) is 11.6. The number of piperidine rings is 1. The van der Waals surface area contributed by atoms with Crippen LogP contribution < -0.4 is 5.73 Å². The fraction of sp³-hybridized carbons (Fsp3) is 0.533. The summed E-state index contributed by atoms with van der Waals surface area (Å²) in [7, 11) is 1.41. The van der Waals surface area contributed by atoms with E-state index in [1.54, 1.807) is 6.07 Å². The van der Waals surface area contributed by atoms with E-state index in [0.717, 1.165) is 31.6 Å². The highest BCUT2D eigenvalue weighted by atomic mass is 16.5. The molecule has 0 radical (unpaired) electrons. The summed E-state index contributed by atoms with van der Waals surface area (Å²) in [6.07, 6.45) is 1.04. The maximum Gasteiger partial charge on any atom is 0.337 e. The number of nitrogens with two attached hydrogens (primary N) is 1. The molecular formula is C15H22N2O2. The third kappa shape index (κ3) is 3.55. The molecule has 1 aromatic rings. The van der Waals surface area contributed by atoms with Crippen molar-refractivity contribution >= 4 is 5.97 Å². The van der Waals surface area contributed by atoms with Crippen molar-refractivity contribution in [1.29, 1.82) is 0 Å². The van der Waals surface area contributed by atoms with E-state index in [0.29, 0.717) is 17.5 Å². The molecule has 0 spiro atoms. The fourth-order valence-corrected chi connectivity index (χ4v) is 2.57. The molecule has 4 nitrogen and oxygen atoms in total. The van der Waals surface area contributed by atoms with Gasteiger partial charge in [-0.25, -0.2) is 4.79 Å². The third-order valence-electron chi connectivity index (χ3n) is 3.81. The van der Waals surface area contributed by atoms with Gasteiger partial charge >= 0.3 is 5.97 Å². The van der Waals surface area contributed by atoms with Gasteiger partial charge in [-0.1, -0.05) is 19.1 Å². The summed E-state index contributed by atoms with van der Waals surface area (Å²) in [5.41, 5.74) is 7.78. The molecule has 1 fully saturated rings. The minimum atomic E-state index is -0.282. The summed E-state index contributed by atoms with van der Waals surface area (Å²) in [4.78, 5) is 13.9. The number of hydrogen-bond donors (Lipinski definition) is 1. The molecule has 4 heteroatoms. The summed E-state index contributed by atoms with van der Waals surface area (Å²) in [5, 5.41) is 0. The molecule has 0 saturated carbocycles. The normalized spacial score (nSPS) is 24.2. The fourth-order valence-electron chi connectivity index (χ4n) is 2.57. The standard InChI is InChI=1S/C15H22N2O2/c1-11-9-17(7-6-14(11)16)10-12-4-3-5-13(8-12)15(18)19-2/h3-5,8,11,14H,6-7,9-10,16H2,1-2H3. The zero-order chi connectivity index (χ0) is 13.8. The monoisotopic (exact) mass is 262 g/mol. The van der Waals surface area contributed by atoms with E-state index < -0.39 is 0 Å². The van der Waals surface area contributed by atoms with Crippen LogP contribution in [0.3, 0.4) is 0 Å². The summed E-state index contributed by atoms with van der Waals surface area (Å²) >= 11 is 0. The number of likely N-dealkylation sites (tertiary alicyclic amines) is 1. The first-order valence-electron chi connectivity index (χ1n) is 6.75. The molecule has 1 saturated heterocycles. The Hall–Kier alpha value is -1.39. The van der Waals surface area contributed by atoms with E-state index >= 15 is 0 Å². The molecule has 1 aromatic carbocycles. The average Bonchev–Trinajstić information content (AvgIpc) is 2.42. The molecule has 1 aliphatic rings. The van der Waals surface area contributed by atoms with E-state index in [1.807, 2.05) is 18.2 Å². The highest BCUT2D eigenvalue weighted by Crippen LogP contribution is 2.18. The number of hydrogen-bond acceptors (Lipinski definition) is 4. The number of rotatable bonds is 3. The van der Waals surface area contributed by atoms with Gasteiger partial charge in [-0.15, -0.1) is 0 Å². The number of methoxy groups -OCH3 is 1. The molecule has 19 heavy (non-hydrogen) atoms. The number of carbonyl (C=O) groups is 1. The second-order valence-corrected chi connectivity index (χ2v) is 5.36. The highest BCUT2D eigenvalue weighted by Gasteiger charge is 2.23. The van der Waals surface area contributed by atoms with E-state index in [2.05, 4.69) is 11.8 Å². The van der Waals surface area contributed by atoms with Crippen molar-refractivity contribution in [2.24, 2.45) is 11.7 Å². The molecule has 0 aliphatic carbocycles. The van der Waals surface area contributed by atoms with Crippen molar-refractivity contribution in [1.82, 2.24) is 4.90 Å². The summed E-state index contributed by atoms with van der Waals surface area (Å²) in [5.74, 6) is 0.244. The summed E-state index contributed by atoms with van der Waals surface area (Å²) in [6, 6.07) is 7.96. The minimum absolute atomic E-state index is 0.282. The molecule has 104 valence electrons. The van der Waals surface area contributed by atoms with Crippen molar-refractivity contribution in [3.05, 3.63) is 35.4 Å². The molecule has 2 unspecified atom stereocenters. The Morgan fingerprint density at radius 1 is 1.53 bits per heavy atom. The molecule has 1 heterocycles. The van der Waals surface area contributed by atoms with Crippen LogP contribution >= 0.6 is 0 Å². The van der Waals surface area contributed by atoms with Gasteiger partial charge in [-0.05, 0) is 36.6 Å². The van der Waals surface area contributed by atoms with E-state index in [1.165, 1.54) is 7.11 Å². The van der Waals surface area contributed by atoms with Crippen molar-refractivity contribution < 1.29 is 9.53 Å². The smallest absolute Gasteiger partial charge is 0.337 e. The lowest BCUT2D eigenvalue weighted by molar-refractivity contribution is 0.0600. The van der Waals surface area contributed by atoms with Crippen LogP contribution in [-0.2, 0) is 11.3 Å². The number of benzene rings is 1. The van der Waals surface area contributed by atoms with E-state index in [9.17, 15) is 4.79 Å². The predicted octanol–water partition coefficient (Wildman–Crippen LogP) is 1.64. The predicted molar refractivity (Wildman–Crippen MR) is 74.8 cm³/mol. The molecule has 0 amide bonds. The van der Waals surface area contributed by atoms with Crippen LogP contribution in [0.2, 0.25) is 0 Å². The first-order chi connectivity index (χ1) is 9.10. The van der Waals surface area contributed by atoms with Crippen molar-refractivity contribution in [2.45, 2.75) is 25.9 Å². The van der Waals surface area contributed by atoms with Crippen LogP contribution in [0.4, 0.5) is 0 Å². The average molecular weight is 262 g/mol. The lowest BCUT2D eigenvalue weighted by atomic mass is 9.94. The molecule has 2 rings (SSSR count). The largest absolute Gasteiger partial charge is 0.465 e. The van der Waals surface area contributed by atoms with Gasteiger partial charge < -0.3 is 10.5 Å². The minimum Gasteiger partial charge on any atom is -0.465 e. The number of ether oxygens (including phenoxy) is 1. The van der Waals surface area contributed by atoms with Crippen molar-refractivity contribution in [3.63, 3.8) is 0 Å². The molecule has 2 atom stereocenters. The molecule has 1 aliphatic heterocycles. The number of carbonyl (C=O) groups excluding carboxylic acids is 1. The lowest BCUT2D eigenvalue weighted by Crippen LogP contribution is -2.45. The van der Waals surface area contributed by atoms with Gasteiger partial charge in [0.2, 0.25) is 0 Å². The number of esters is 1. The van der Waals surface area contributed by atoms with Crippen LogP contribution in [0.5, 0.6) is 0 Å². The van der Waals surface area contributed by atoms with Gasteiger partial charge in [-0.2, -0.15) is 0 Å². The topological polar surface area (TPSA) is 55.6 Å². The van der Waals surface area contributed by atoms with Gasteiger partial charge in [0, 0.05) is 19.1 Å². The van der Waals surface area contributed by atoms with Gasteiger partial charge in [0.1, 0.15) is 0 Å². The Morgan fingerprint density at radius 2 is 2.32 bits per heavy atom. The quantitative estimate of drug-likeness (QED) is 0.841. The first-order valence-corrected chi connectivity index (χ1v) is 6.75. The first kappa shape index (κ1) is 14.0. The van der Waals surface area contributed by atoms with Crippen LogP contribution in [0, 0.1) is 5.92 Å². The van der Waals surface area contributed by atoms with Crippen LogP contribution in [0.1, 0.15) is 29.3 Å². The van der Waals surface area contributed by atoms with Gasteiger partial charge in [-0.3, -0.25) is 4.90 Å². The van der Waals surface area contributed by atoms with Crippen LogP contribution in [-0.4, -0.2) is 37.1 Å². The van der Waals surface area contributed by atoms with Crippen molar-refractivity contribution in [2.75, 3.05) is 20.2 Å². The Morgan fingerprint density at radius 3 is 3.00 bits per heavy atom. The van der Waals surface area contributed by atoms with Crippen LogP contribution in [0.15, 0.2) is 24.3 Å². The van der Waals surface area contributed by atoms with Gasteiger partial charge in [0.05, 0.1) is 12.7 Å². The molecule has 0 bridgehead atoms. The van der Waals surface area contributed by atoms with Gasteiger partial charge in [0.15, 0.2) is 0 Å². The summed E-state index contributed by atoms with van der Waals surface area (Å²) in [6.45, 7) is 5.10. The SMILES string of the molecule is COC(=O)c1cccc(CN2CCC(N)C(C)C2)c1. The maximum atomic E-state index is 11.5. The maximum absolute atomic E-state index is 11.5. The second kappa shape index (κ2) is 6.17. The highest BCUT2D eigenvalue weighted by molar-refractivity contribution is 5.89. The summed E-state index contributed by atoms with van der Waals surface area (Å²) < 4.78 is 4.74. The zero-order valence-electron chi connectivity index (χ0n) is 11.6. The Labute approximate surface area is 114 Å². The van der Waals surface area contributed by atoms with Crippen molar-refractivity contribution in [3.8, 4) is 0 Å². The third-order valence-corrected chi connectivity index (χ3v) is 3.81. The number of nitrogens with zero attached hydrogens (tertiary/aromatic N) is 1. The second-order valence-electron chi connectivity index (χ2n) is 5.36. The lowest BCUT2D eigenvalue weighted by Gasteiger charge is -2.35. The Kier molecular flexibility index (Phi) is 4.56. The van der Waals surface area contributed by atoms with E-state index in [4.69, 9.17) is 10.5 Å². The Balaban J connectivity index is 2.01. The Bertz CT molecular complexity index is 448. The molecule has 0 aromatic heterocycles. The van der Waals surface area contributed by atoms with E-state index in [-0.39, 0.29) is 5.97 Å².